The summed E-state index contributed by atoms with van der Waals surface area (Å²) >= 11 is 6.08. The quantitative estimate of drug-likeness (QED) is 0.384. The first kappa shape index (κ1) is 22.6. The van der Waals surface area contributed by atoms with Gasteiger partial charge in [-0.15, -0.1) is 24.0 Å². The number of likely N-dealkylation sites (tertiary alicyclic amines) is 1. The van der Waals surface area contributed by atoms with Gasteiger partial charge < -0.3 is 14.8 Å². The lowest BCUT2D eigenvalue weighted by atomic mass is 10.1. The minimum Gasteiger partial charge on any atom is -0.355 e. The largest absolute Gasteiger partial charge is 0.355 e. The van der Waals surface area contributed by atoms with E-state index in [4.69, 9.17) is 11.6 Å². The molecular formula is C18H33ClIN5. The monoisotopic (exact) mass is 481 g/mol. The molecular weight excluding hydrogens is 449 g/mol. The van der Waals surface area contributed by atoms with Gasteiger partial charge in [0.2, 0.25) is 0 Å². The maximum atomic E-state index is 6.08. The number of hydrogen-bond acceptors (Lipinski definition) is 2. The molecule has 1 fully saturated rings. The number of guanidine groups is 1. The van der Waals surface area contributed by atoms with Crippen LogP contribution < -0.4 is 5.32 Å². The molecule has 1 N–H and O–H groups in total. The summed E-state index contributed by atoms with van der Waals surface area (Å²) in [7, 11) is 5.93. The third-order valence-electron chi connectivity index (χ3n) is 4.64. The van der Waals surface area contributed by atoms with Crippen molar-refractivity contribution >= 4 is 41.5 Å². The maximum Gasteiger partial charge on any atom is 0.193 e. The van der Waals surface area contributed by atoms with Crippen molar-refractivity contribution in [3.05, 3.63) is 23.0 Å². The zero-order valence-corrected chi connectivity index (χ0v) is 19.2. The summed E-state index contributed by atoms with van der Waals surface area (Å²) in [5.74, 6) is 1.65. The second kappa shape index (κ2) is 10.6. The van der Waals surface area contributed by atoms with Crippen LogP contribution in [0.15, 0.2) is 17.3 Å². The smallest absolute Gasteiger partial charge is 0.193 e. The van der Waals surface area contributed by atoms with Crippen LogP contribution in [0.1, 0.15) is 32.4 Å². The third-order valence-corrected chi connectivity index (χ3v) is 4.85. The van der Waals surface area contributed by atoms with Gasteiger partial charge in [-0.25, -0.2) is 0 Å². The highest BCUT2D eigenvalue weighted by molar-refractivity contribution is 14.0. The van der Waals surface area contributed by atoms with Gasteiger partial charge in [-0.2, -0.15) is 0 Å². The molecule has 2 rings (SSSR count). The minimum atomic E-state index is 0. The summed E-state index contributed by atoms with van der Waals surface area (Å²) in [6.45, 7) is 8.73. The van der Waals surface area contributed by atoms with Crippen LogP contribution in [0.2, 0.25) is 5.02 Å². The van der Waals surface area contributed by atoms with Gasteiger partial charge in [0.1, 0.15) is 0 Å². The molecule has 1 aliphatic rings. The Morgan fingerprint density at radius 2 is 2.20 bits per heavy atom. The van der Waals surface area contributed by atoms with Crippen molar-refractivity contribution in [1.29, 1.82) is 0 Å². The molecule has 1 aromatic heterocycles. The fourth-order valence-corrected chi connectivity index (χ4v) is 3.74. The predicted molar refractivity (Wildman–Crippen MR) is 118 cm³/mol. The predicted octanol–water partition coefficient (Wildman–Crippen LogP) is 3.42. The van der Waals surface area contributed by atoms with Gasteiger partial charge in [-0.1, -0.05) is 25.4 Å². The standard InChI is InChI=1S/C18H32ClN5.HI/c1-14(2)11-24-8-6-7-16(24)10-21-18(20-3)23(5)13-17-9-15(19)12-22(17)4;/h9,12,14,16H,6-8,10-11,13H2,1-5H3,(H,20,21);1H/t16-;/m1./s1. The Kier molecular flexibility index (Phi) is 9.59. The second-order valence-electron chi connectivity index (χ2n) is 7.23. The summed E-state index contributed by atoms with van der Waals surface area (Å²) in [6.07, 6.45) is 4.51. The Bertz CT molecular complexity index is 558. The molecule has 0 aliphatic carbocycles. The van der Waals surface area contributed by atoms with Gasteiger partial charge in [0, 0.05) is 52.2 Å². The SMILES string of the molecule is CN=C(NC[C@H]1CCCN1CC(C)C)N(C)Cc1cc(Cl)cn1C.I. The highest BCUT2D eigenvalue weighted by Gasteiger charge is 2.25. The molecule has 1 aliphatic heterocycles. The third kappa shape index (κ3) is 6.64. The van der Waals surface area contributed by atoms with Gasteiger partial charge in [-0.05, 0) is 31.4 Å². The van der Waals surface area contributed by atoms with Crippen molar-refractivity contribution in [3.8, 4) is 0 Å². The van der Waals surface area contributed by atoms with Gasteiger partial charge in [0.05, 0.1) is 11.6 Å². The van der Waals surface area contributed by atoms with E-state index >= 15 is 0 Å². The number of halogens is 2. The fourth-order valence-electron chi connectivity index (χ4n) is 3.47. The molecule has 0 unspecified atom stereocenters. The highest BCUT2D eigenvalue weighted by atomic mass is 127. The number of nitrogens with one attached hydrogen (secondary N) is 1. The fraction of sp³-hybridized carbons (Fsp3) is 0.722. The van der Waals surface area contributed by atoms with Crippen LogP contribution in [0.4, 0.5) is 0 Å². The Labute approximate surface area is 174 Å². The first-order valence-electron chi connectivity index (χ1n) is 8.87. The van der Waals surface area contributed by atoms with Crippen LogP contribution in [0, 0.1) is 5.92 Å². The molecule has 0 bridgehead atoms. The number of rotatable bonds is 6. The summed E-state index contributed by atoms with van der Waals surface area (Å²) in [5, 5.41) is 4.33. The lowest BCUT2D eigenvalue weighted by molar-refractivity contribution is 0.225. The summed E-state index contributed by atoms with van der Waals surface area (Å²) in [6, 6.07) is 2.62. The van der Waals surface area contributed by atoms with Crippen LogP contribution in [0.3, 0.4) is 0 Å². The van der Waals surface area contributed by atoms with Crippen molar-refractivity contribution < 1.29 is 0 Å². The molecule has 0 spiro atoms. The lowest BCUT2D eigenvalue weighted by Crippen LogP contribution is -2.46. The molecule has 25 heavy (non-hydrogen) atoms. The first-order chi connectivity index (χ1) is 11.4. The van der Waals surface area contributed by atoms with Crippen LogP contribution in [0.5, 0.6) is 0 Å². The van der Waals surface area contributed by atoms with E-state index < -0.39 is 0 Å². The molecule has 0 aromatic carbocycles. The van der Waals surface area contributed by atoms with E-state index in [0.717, 1.165) is 30.0 Å². The Morgan fingerprint density at radius 1 is 1.48 bits per heavy atom. The zero-order chi connectivity index (χ0) is 17.7. The second-order valence-corrected chi connectivity index (χ2v) is 7.67. The number of nitrogens with zero attached hydrogens (tertiary/aromatic N) is 4. The maximum absolute atomic E-state index is 6.08. The first-order valence-corrected chi connectivity index (χ1v) is 9.25. The van der Waals surface area contributed by atoms with E-state index in [9.17, 15) is 0 Å². The molecule has 1 saturated heterocycles. The molecule has 144 valence electrons. The average Bonchev–Trinajstić information content (AvgIpc) is 3.06. The minimum absolute atomic E-state index is 0. The molecule has 0 saturated carbocycles. The van der Waals surface area contributed by atoms with E-state index in [1.54, 1.807) is 0 Å². The van der Waals surface area contributed by atoms with E-state index in [0.29, 0.717) is 6.04 Å². The van der Waals surface area contributed by atoms with Crippen LogP contribution in [-0.4, -0.2) is 60.1 Å². The number of hydrogen-bond donors (Lipinski definition) is 1. The Morgan fingerprint density at radius 3 is 2.76 bits per heavy atom. The van der Waals surface area contributed by atoms with E-state index in [-0.39, 0.29) is 24.0 Å². The van der Waals surface area contributed by atoms with Gasteiger partial charge in [0.25, 0.3) is 0 Å². The molecule has 0 amide bonds. The molecule has 1 aromatic rings. The molecule has 5 nitrogen and oxygen atoms in total. The molecule has 0 radical (unpaired) electrons. The van der Waals surface area contributed by atoms with Crippen LogP contribution >= 0.6 is 35.6 Å². The van der Waals surface area contributed by atoms with Crippen molar-refractivity contribution in [2.75, 3.05) is 33.7 Å². The van der Waals surface area contributed by atoms with Crippen molar-refractivity contribution in [3.63, 3.8) is 0 Å². The van der Waals surface area contributed by atoms with Crippen molar-refractivity contribution in [2.24, 2.45) is 18.0 Å². The van der Waals surface area contributed by atoms with E-state index in [2.05, 4.69) is 45.6 Å². The summed E-state index contributed by atoms with van der Waals surface area (Å²) in [4.78, 5) is 9.20. The van der Waals surface area contributed by atoms with E-state index in [1.807, 2.05) is 26.4 Å². The van der Waals surface area contributed by atoms with Crippen molar-refractivity contribution in [2.45, 2.75) is 39.3 Å². The van der Waals surface area contributed by atoms with Crippen molar-refractivity contribution in [1.82, 2.24) is 19.7 Å². The molecule has 2 heterocycles. The summed E-state index contributed by atoms with van der Waals surface area (Å²) in [5.41, 5.74) is 1.17. The zero-order valence-electron chi connectivity index (χ0n) is 16.1. The van der Waals surface area contributed by atoms with Gasteiger partial charge in [-0.3, -0.25) is 9.89 Å². The Hall–Kier alpha value is -0.470. The summed E-state index contributed by atoms with van der Waals surface area (Å²) < 4.78 is 2.06. The number of aryl methyl sites for hydroxylation is 1. The highest BCUT2D eigenvalue weighted by Crippen LogP contribution is 2.18. The van der Waals surface area contributed by atoms with Gasteiger partial charge in [0.15, 0.2) is 5.96 Å². The van der Waals surface area contributed by atoms with Gasteiger partial charge >= 0.3 is 0 Å². The Balaban J connectivity index is 0.00000312. The topological polar surface area (TPSA) is 35.8 Å². The number of aliphatic imine (C=N–C) groups is 1. The normalized spacial score (nSPS) is 18.5. The lowest BCUT2D eigenvalue weighted by Gasteiger charge is -2.28. The van der Waals surface area contributed by atoms with Crippen LogP contribution in [-0.2, 0) is 13.6 Å². The van der Waals surface area contributed by atoms with Crippen LogP contribution in [0.25, 0.3) is 0 Å². The molecule has 7 heteroatoms. The average molecular weight is 482 g/mol. The van der Waals surface area contributed by atoms with E-state index in [1.165, 1.54) is 31.6 Å². The molecule has 1 atom stereocenters. The number of aromatic nitrogens is 1.